The molecule has 1 N–H and O–H groups in total. The van der Waals surface area contributed by atoms with Crippen LogP contribution in [-0.4, -0.2) is 10.9 Å². The lowest BCUT2D eigenvalue weighted by molar-refractivity contribution is -0.115. The van der Waals surface area contributed by atoms with E-state index in [1.165, 1.54) is 11.3 Å². The fraction of sp³-hybridized carbons (Fsp3) is 0.133. The van der Waals surface area contributed by atoms with Gasteiger partial charge >= 0.3 is 5.63 Å². The van der Waals surface area contributed by atoms with Gasteiger partial charge in [-0.15, -0.1) is 11.3 Å². The van der Waals surface area contributed by atoms with Crippen LogP contribution in [-0.2, 0) is 4.79 Å². The Morgan fingerprint density at radius 1 is 1.38 bits per heavy atom. The summed E-state index contributed by atoms with van der Waals surface area (Å²) in [4.78, 5) is 27.6. The molecule has 5 nitrogen and oxygen atoms in total. The molecule has 3 rings (SSSR count). The van der Waals surface area contributed by atoms with Crippen LogP contribution in [0.1, 0.15) is 13.3 Å². The summed E-state index contributed by atoms with van der Waals surface area (Å²) in [6.07, 6.45) is 0.382. The van der Waals surface area contributed by atoms with Gasteiger partial charge in [-0.05, 0) is 12.1 Å². The third-order valence-electron chi connectivity index (χ3n) is 2.99. The summed E-state index contributed by atoms with van der Waals surface area (Å²) in [5.74, 6) is -0.110. The zero-order valence-electron chi connectivity index (χ0n) is 11.3. The molecule has 0 bridgehead atoms. The predicted octanol–water partition coefficient (Wildman–Crippen LogP) is 3.27. The number of amides is 1. The Hall–Kier alpha value is -2.47. The summed E-state index contributed by atoms with van der Waals surface area (Å²) < 4.78 is 5.28. The highest BCUT2D eigenvalue weighted by Gasteiger charge is 2.12. The molecule has 1 aromatic carbocycles. The van der Waals surface area contributed by atoms with E-state index < -0.39 is 5.63 Å². The summed E-state index contributed by atoms with van der Waals surface area (Å²) in [5.41, 5.74) is 1.00. The fourth-order valence-corrected chi connectivity index (χ4v) is 2.63. The second-order valence-corrected chi connectivity index (χ2v) is 5.28. The van der Waals surface area contributed by atoms with Crippen LogP contribution < -0.4 is 10.9 Å². The van der Waals surface area contributed by atoms with Crippen molar-refractivity contribution in [3.63, 3.8) is 0 Å². The molecule has 0 fully saturated rings. The molecule has 2 aromatic heterocycles. The van der Waals surface area contributed by atoms with E-state index in [0.717, 1.165) is 5.39 Å². The minimum absolute atomic E-state index is 0.110. The number of hydrogen-bond donors (Lipinski definition) is 1. The van der Waals surface area contributed by atoms with Crippen LogP contribution in [0.25, 0.3) is 22.2 Å². The Balaban J connectivity index is 2.02. The van der Waals surface area contributed by atoms with Crippen LogP contribution >= 0.6 is 11.3 Å². The van der Waals surface area contributed by atoms with Crippen molar-refractivity contribution in [2.24, 2.45) is 0 Å². The van der Waals surface area contributed by atoms with Gasteiger partial charge in [0.1, 0.15) is 5.58 Å². The minimum atomic E-state index is -0.438. The number of aromatic nitrogens is 1. The standard InChI is InChI=1S/C15H12N2O3S/c1-2-13(18)17-15-16-11(8-21-15)10-7-9-5-3-4-6-12(9)20-14(10)19/h3-8H,2H2,1H3,(H,16,17,18). The van der Waals surface area contributed by atoms with Crippen molar-refractivity contribution >= 4 is 33.3 Å². The molecule has 21 heavy (non-hydrogen) atoms. The van der Waals surface area contributed by atoms with Crippen molar-refractivity contribution in [3.8, 4) is 11.3 Å². The molecule has 6 heteroatoms. The Morgan fingerprint density at radius 2 is 2.19 bits per heavy atom. The molecule has 2 heterocycles. The first-order valence-corrected chi connectivity index (χ1v) is 7.34. The Bertz CT molecular complexity index is 866. The van der Waals surface area contributed by atoms with Gasteiger partial charge in [-0.25, -0.2) is 9.78 Å². The molecule has 1 amide bonds. The molecule has 0 spiro atoms. The molecule has 106 valence electrons. The predicted molar refractivity (Wildman–Crippen MR) is 82.5 cm³/mol. The number of nitrogens with zero attached hydrogens (tertiary/aromatic N) is 1. The van der Waals surface area contributed by atoms with Gasteiger partial charge in [0.15, 0.2) is 5.13 Å². The minimum Gasteiger partial charge on any atom is -0.422 e. The van der Waals surface area contributed by atoms with Crippen LogP contribution in [0.2, 0.25) is 0 Å². The highest BCUT2D eigenvalue weighted by atomic mass is 32.1. The highest BCUT2D eigenvalue weighted by molar-refractivity contribution is 7.14. The van der Waals surface area contributed by atoms with E-state index in [1.54, 1.807) is 24.4 Å². The maximum Gasteiger partial charge on any atom is 0.345 e. The van der Waals surface area contributed by atoms with Gasteiger partial charge in [-0.2, -0.15) is 0 Å². The van der Waals surface area contributed by atoms with Crippen LogP contribution in [0, 0.1) is 0 Å². The molecule has 0 aliphatic carbocycles. The summed E-state index contributed by atoms with van der Waals surface area (Å²) in [6, 6.07) is 9.05. The van der Waals surface area contributed by atoms with Crippen LogP contribution in [0.5, 0.6) is 0 Å². The van der Waals surface area contributed by atoms with Gasteiger partial charge in [0.25, 0.3) is 0 Å². The molecule has 0 saturated carbocycles. The lowest BCUT2D eigenvalue weighted by Crippen LogP contribution is -2.09. The zero-order chi connectivity index (χ0) is 14.8. The number of rotatable bonds is 3. The lowest BCUT2D eigenvalue weighted by atomic mass is 10.1. The quantitative estimate of drug-likeness (QED) is 0.753. The molecule has 3 aromatic rings. The van der Waals surface area contributed by atoms with Gasteiger partial charge in [0.05, 0.1) is 11.3 Å². The number of anilines is 1. The normalized spacial score (nSPS) is 10.7. The van der Waals surface area contributed by atoms with E-state index in [-0.39, 0.29) is 5.91 Å². The first kappa shape index (κ1) is 13.5. The van der Waals surface area contributed by atoms with Crippen molar-refractivity contribution in [1.29, 1.82) is 0 Å². The molecule has 0 radical (unpaired) electrons. The van der Waals surface area contributed by atoms with E-state index in [1.807, 2.05) is 18.2 Å². The molecular formula is C15H12N2O3S. The Labute approximate surface area is 124 Å². The molecule has 0 aliphatic rings. The summed E-state index contributed by atoms with van der Waals surface area (Å²) in [7, 11) is 0. The molecule has 0 unspecified atom stereocenters. The summed E-state index contributed by atoms with van der Waals surface area (Å²) >= 11 is 1.28. The number of thiazole rings is 1. The second-order valence-electron chi connectivity index (χ2n) is 4.42. The maximum atomic E-state index is 12.0. The highest BCUT2D eigenvalue weighted by Crippen LogP contribution is 2.25. The Kier molecular flexibility index (Phi) is 3.53. The molecule has 0 aliphatic heterocycles. The van der Waals surface area contributed by atoms with Crippen LogP contribution in [0.4, 0.5) is 5.13 Å². The first-order valence-electron chi connectivity index (χ1n) is 6.46. The Morgan fingerprint density at radius 3 is 3.00 bits per heavy atom. The largest absolute Gasteiger partial charge is 0.422 e. The average molecular weight is 300 g/mol. The monoisotopic (exact) mass is 300 g/mol. The second kappa shape index (κ2) is 5.49. The lowest BCUT2D eigenvalue weighted by Gasteiger charge is -1.99. The summed E-state index contributed by atoms with van der Waals surface area (Å²) in [6.45, 7) is 1.77. The number of nitrogens with one attached hydrogen (secondary N) is 1. The van der Waals surface area contributed by atoms with E-state index in [9.17, 15) is 9.59 Å². The molecule has 0 atom stereocenters. The van der Waals surface area contributed by atoms with Crippen molar-refractivity contribution < 1.29 is 9.21 Å². The van der Waals surface area contributed by atoms with Crippen molar-refractivity contribution in [1.82, 2.24) is 4.98 Å². The average Bonchev–Trinajstić information content (AvgIpc) is 2.94. The molecule has 0 saturated heterocycles. The first-order chi connectivity index (χ1) is 10.2. The van der Waals surface area contributed by atoms with Gasteiger partial charge in [0.2, 0.25) is 5.91 Å². The smallest absolute Gasteiger partial charge is 0.345 e. The third kappa shape index (κ3) is 2.71. The zero-order valence-corrected chi connectivity index (χ0v) is 12.1. The van der Waals surface area contributed by atoms with Crippen molar-refractivity contribution in [2.75, 3.05) is 5.32 Å². The topological polar surface area (TPSA) is 72.2 Å². The fourth-order valence-electron chi connectivity index (χ4n) is 1.90. The number of carbonyl (C=O) groups excluding carboxylic acids is 1. The number of hydrogen-bond acceptors (Lipinski definition) is 5. The van der Waals surface area contributed by atoms with Gasteiger partial charge in [-0.1, -0.05) is 25.1 Å². The van der Waals surface area contributed by atoms with Gasteiger partial charge in [-0.3, -0.25) is 4.79 Å². The van der Waals surface area contributed by atoms with E-state index in [0.29, 0.717) is 28.4 Å². The number of para-hydroxylation sites is 1. The SMILES string of the molecule is CCC(=O)Nc1nc(-c2cc3ccccc3oc2=O)cs1. The van der Waals surface area contributed by atoms with E-state index in [2.05, 4.69) is 10.3 Å². The number of fused-ring (bicyclic) bond motifs is 1. The van der Waals surface area contributed by atoms with Crippen molar-refractivity contribution in [2.45, 2.75) is 13.3 Å². The summed E-state index contributed by atoms with van der Waals surface area (Å²) in [5, 5.41) is 5.71. The van der Waals surface area contributed by atoms with Gasteiger partial charge < -0.3 is 9.73 Å². The van der Waals surface area contributed by atoms with Crippen LogP contribution in [0.3, 0.4) is 0 Å². The van der Waals surface area contributed by atoms with Crippen LogP contribution in [0.15, 0.2) is 44.9 Å². The number of carbonyl (C=O) groups is 1. The van der Waals surface area contributed by atoms with E-state index in [4.69, 9.17) is 4.42 Å². The number of benzene rings is 1. The van der Waals surface area contributed by atoms with E-state index >= 15 is 0 Å². The van der Waals surface area contributed by atoms with Gasteiger partial charge in [0, 0.05) is 17.2 Å². The van der Waals surface area contributed by atoms with Crippen molar-refractivity contribution in [3.05, 3.63) is 46.1 Å². The maximum absolute atomic E-state index is 12.0. The molecular weight excluding hydrogens is 288 g/mol. The third-order valence-corrected chi connectivity index (χ3v) is 3.75.